The lowest BCUT2D eigenvalue weighted by atomic mass is 10.4. The van der Waals surface area contributed by atoms with Gasteiger partial charge in [0.25, 0.3) is 0 Å². The van der Waals surface area contributed by atoms with Gasteiger partial charge in [-0.3, -0.25) is 4.79 Å². The molecule has 0 N–H and O–H groups in total. The molecule has 1 aromatic rings. The molecule has 0 aromatic carbocycles. The molecular weight excluding hydrogens is 222 g/mol. The van der Waals surface area contributed by atoms with Crippen molar-refractivity contribution >= 4 is 28.8 Å². The van der Waals surface area contributed by atoms with Crippen molar-refractivity contribution in [3.63, 3.8) is 0 Å². The lowest BCUT2D eigenvalue weighted by Gasteiger charge is -2.15. The molecule has 1 aromatic heterocycles. The van der Waals surface area contributed by atoms with Crippen LogP contribution in [-0.2, 0) is 16.1 Å². The minimum absolute atomic E-state index is 0.0305. The Morgan fingerprint density at radius 2 is 2.36 bits per heavy atom. The van der Waals surface area contributed by atoms with Crippen LogP contribution < -0.4 is 0 Å². The molecule has 5 heteroatoms. The molecule has 0 radical (unpaired) electrons. The molecule has 0 fully saturated rings. The maximum atomic E-state index is 11.3. The second-order valence-electron chi connectivity index (χ2n) is 2.89. The van der Waals surface area contributed by atoms with Gasteiger partial charge >= 0.3 is 0 Å². The molecule has 14 heavy (non-hydrogen) atoms. The number of nitrogens with zero attached hydrogens (tertiary/aromatic N) is 1. The summed E-state index contributed by atoms with van der Waals surface area (Å²) in [6.45, 7) is 0.704. The fourth-order valence-corrected chi connectivity index (χ4v) is 2.13. The van der Waals surface area contributed by atoms with E-state index in [2.05, 4.69) is 0 Å². The van der Waals surface area contributed by atoms with E-state index in [-0.39, 0.29) is 12.5 Å². The summed E-state index contributed by atoms with van der Waals surface area (Å²) < 4.78 is 5.50. The maximum absolute atomic E-state index is 11.3. The van der Waals surface area contributed by atoms with Gasteiger partial charge < -0.3 is 9.64 Å². The van der Waals surface area contributed by atoms with Crippen LogP contribution in [0.1, 0.15) is 4.88 Å². The minimum atomic E-state index is -0.0305. The normalized spacial score (nSPS) is 10.2. The van der Waals surface area contributed by atoms with E-state index >= 15 is 0 Å². The number of likely N-dealkylation sites (N-methyl/N-ethyl adjacent to an activating group) is 1. The smallest absolute Gasteiger partial charge is 0.248 e. The zero-order valence-corrected chi connectivity index (χ0v) is 9.69. The van der Waals surface area contributed by atoms with Gasteiger partial charge in [-0.2, -0.15) is 0 Å². The Labute approximate surface area is 92.2 Å². The van der Waals surface area contributed by atoms with E-state index in [1.807, 2.05) is 12.1 Å². The molecular formula is C9H12ClNO2S. The van der Waals surface area contributed by atoms with E-state index in [0.717, 1.165) is 9.21 Å². The molecule has 0 aliphatic carbocycles. The van der Waals surface area contributed by atoms with Gasteiger partial charge in [-0.05, 0) is 12.1 Å². The molecule has 78 valence electrons. The van der Waals surface area contributed by atoms with Crippen molar-refractivity contribution in [3.8, 4) is 0 Å². The minimum Gasteiger partial charge on any atom is -0.375 e. The summed E-state index contributed by atoms with van der Waals surface area (Å²) in [6.07, 6.45) is 0. The van der Waals surface area contributed by atoms with Crippen LogP contribution in [0.25, 0.3) is 0 Å². The average molecular weight is 234 g/mol. The third kappa shape index (κ3) is 3.29. The number of ether oxygens (including phenoxy) is 1. The predicted molar refractivity (Wildman–Crippen MR) is 57.7 cm³/mol. The van der Waals surface area contributed by atoms with E-state index in [9.17, 15) is 4.79 Å². The summed E-state index contributed by atoms with van der Waals surface area (Å²) >= 11 is 7.26. The van der Waals surface area contributed by atoms with Crippen LogP contribution in [0.3, 0.4) is 0 Å². The lowest BCUT2D eigenvalue weighted by molar-refractivity contribution is -0.134. The predicted octanol–water partition coefficient (Wildman–Crippen LogP) is 2.01. The molecule has 1 rings (SSSR count). The molecule has 0 aliphatic heterocycles. The Bertz CT molecular complexity index is 314. The monoisotopic (exact) mass is 233 g/mol. The maximum Gasteiger partial charge on any atom is 0.248 e. The highest BCUT2D eigenvalue weighted by Gasteiger charge is 2.09. The van der Waals surface area contributed by atoms with Gasteiger partial charge in [-0.1, -0.05) is 11.6 Å². The molecule has 1 amide bonds. The van der Waals surface area contributed by atoms with Gasteiger partial charge in [0, 0.05) is 19.0 Å². The van der Waals surface area contributed by atoms with Crippen molar-refractivity contribution in [1.29, 1.82) is 0 Å². The highest BCUT2D eigenvalue weighted by molar-refractivity contribution is 7.16. The van der Waals surface area contributed by atoms with Gasteiger partial charge in [0.05, 0.1) is 10.9 Å². The first kappa shape index (κ1) is 11.5. The Morgan fingerprint density at radius 1 is 1.64 bits per heavy atom. The summed E-state index contributed by atoms with van der Waals surface area (Å²) in [6, 6.07) is 3.75. The Hall–Kier alpha value is -0.580. The van der Waals surface area contributed by atoms with Crippen molar-refractivity contribution in [3.05, 3.63) is 21.3 Å². The van der Waals surface area contributed by atoms with Crippen LogP contribution in [0.15, 0.2) is 12.1 Å². The summed E-state index contributed by atoms with van der Waals surface area (Å²) in [5.41, 5.74) is 0. The van der Waals surface area contributed by atoms with Gasteiger partial charge in [0.15, 0.2) is 0 Å². The summed E-state index contributed by atoms with van der Waals surface area (Å²) in [5.74, 6) is -0.0305. The number of amides is 1. The van der Waals surface area contributed by atoms with E-state index < -0.39 is 0 Å². The van der Waals surface area contributed by atoms with Crippen LogP contribution in [0.2, 0.25) is 4.34 Å². The number of hydrogen-bond donors (Lipinski definition) is 0. The average Bonchev–Trinajstić information content (AvgIpc) is 2.51. The van der Waals surface area contributed by atoms with Crippen LogP contribution in [0.4, 0.5) is 0 Å². The topological polar surface area (TPSA) is 29.5 Å². The van der Waals surface area contributed by atoms with E-state index in [4.69, 9.17) is 16.3 Å². The molecule has 0 unspecified atom stereocenters. The second-order valence-corrected chi connectivity index (χ2v) is 4.69. The first-order valence-electron chi connectivity index (χ1n) is 4.10. The van der Waals surface area contributed by atoms with E-state index in [1.165, 1.54) is 18.4 Å². The molecule has 0 atom stereocenters. The zero-order valence-electron chi connectivity index (χ0n) is 8.12. The number of halogens is 1. The molecule has 1 heterocycles. The highest BCUT2D eigenvalue weighted by Crippen LogP contribution is 2.22. The lowest BCUT2D eigenvalue weighted by Crippen LogP contribution is -2.29. The molecule has 3 nitrogen and oxygen atoms in total. The number of methoxy groups -OCH3 is 1. The first-order valence-corrected chi connectivity index (χ1v) is 5.30. The fraction of sp³-hybridized carbons (Fsp3) is 0.444. The molecule has 0 aliphatic rings. The molecule has 0 saturated heterocycles. The standard InChI is InChI=1S/C9H12ClNO2S/c1-11(9(12)6-13-2)5-7-3-4-8(10)14-7/h3-4H,5-6H2,1-2H3. The van der Waals surface area contributed by atoms with Gasteiger partial charge in [0.1, 0.15) is 6.61 Å². The summed E-state index contributed by atoms with van der Waals surface area (Å²) in [7, 11) is 3.25. The zero-order chi connectivity index (χ0) is 10.6. The van der Waals surface area contributed by atoms with Crippen molar-refractivity contribution in [2.24, 2.45) is 0 Å². The first-order chi connectivity index (χ1) is 6.63. The number of hydrogen-bond acceptors (Lipinski definition) is 3. The van der Waals surface area contributed by atoms with Crippen molar-refractivity contribution < 1.29 is 9.53 Å². The van der Waals surface area contributed by atoms with E-state index in [0.29, 0.717) is 6.54 Å². The molecule has 0 spiro atoms. The van der Waals surface area contributed by atoms with Gasteiger partial charge in [0.2, 0.25) is 5.91 Å². The quantitative estimate of drug-likeness (QED) is 0.796. The van der Waals surface area contributed by atoms with Crippen LogP contribution in [-0.4, -0.2) is 31.6 Å². The largest absolute Gasteiger partial charge is 0.375 e. The number of rotatable bonds is 4. The third-order valence-corrected chi connectivity index (χ3v) is 2.93. The van der Waals surface area contributed by atoms with Crippen LogP contribution in [0, 0.1) is 0 Å². The fourth-order valence-electron chi connectivity index (χ4n) is 0.992. The SMILES string of the molecule is COCC(=O)N(C)Cc1ccc(Cl)s1. The van der Waals surface area contributed by atoms with Gasteiger partial charge in [-0.15, -0.1) is 11.3 Å². The molecule has 0 saturated carbocycles. The second kappa shape index (κ2) is 5.34. The van der Waals surface area contributed by atoms with Crippen LogP contribution >= 0.6 is 22.9 Å². The van der Waals surface area contributed by atoms with Gasteiger partial charge in [-0.25, -0.2) is 0 Å². The highest BCUT2D eigenvalue weighted by atomic mass is 35.5. The Kier molecular flexibility index (Phi) is 4.38. The Morgan fingerprint density at radius 3 is 2.86 bits per heavy atom. The van der Waals surface area contributed by atoms with Crippen molar-refractivity contribution in [1.82, 2.24) is 4.90 Å². The third-order valence-electron chi connectivity index (χ3n) is 1.72. The van der Waals surface area contributed by atoms with E-state index in [1.54, 1.807) is 11.9 Å². The Balaban J connectivity index is 2.48. The summed E-state index contributed by atoms with van der Waals surface area (Å²) in [5, 5.41) is 0. The number of carbonyl (C=O) groups is 1. The van der Waals surface area contributed by atoms with Crippen molar-refractivity contribution in [2.75, 3.05) is 20.8 Å². The van der Waals surface area contributed by atoms with Crippen LogP contribution in [0.5, 0.6) is 0 Å². The number of carbonyl (C=O) groups excluding carboxylic acids is 1. The number of thiophene rings is 1. The molecule has 0 bridgehead atoms. The van der Waals surface area contributed by atoms with Crippen molar-refractivity contribution in [2.45, 2.75) is 6.54 Å². The summed E-state index contributed by atoms with van der Waals surface area (Å²) in [4.78, 5) is 14.0.